The molecule has 1 atom stereocenters. The first-order valence-electron chi connectivity index (χ1n) is 9.19. The fraction of sp³-hybridized carbons (Fsp3) is 0.500. The zero-order valence-electron chi connectivity index (χ0n) is 15.1. The lowest BCUT2D eigenvalue weighted by atomic mass is 10.2. The van der Waals surface area contributed by atoms with E-state index in [1.54, 1.807) is 11.3 Å². The van der Waals surface area contributed by atoms with Gasteiger partial charge in [-0.1, -0.05) is 18.2 Å². The molecule has 2 heterocycles. The number of morpholine rings is 1. The van der Waals surface area contributed by atoms with E-state index in [4.69, 9.17) is 9.47 Å². The third-order valence-electron chi connectivity index (χ3n) is 4.48. The molecule has 1 aromatic heterocycles. The van der Waals surface area contributed by atoms with Gasteiger partial charge >= 0.3 is 0 Å². The molecule has 0 saturated carbocycles. The first-order valence-corrected chi connectivity index (χ1v) is 10.1. The molecule has 0 bridgehead atoms. The Balaban J connectivity index is 1.48. The van der Waals surface area contributed by atoms with Crippen molar-refractivity contribution in [2.75, 3.05) is 52.5 Å². The van der Waals surface area contributed by atoms with Crippen LogP contribution in [0.25, 0.3) is 0 Å². The first-order chi connectivity index (χ1) is 12.8. The van der Waals surface area contributed by atoms with E-state index in [0.29, 0.717) is 13.2 Å². The molecule has 1 saturated heterocycles. The van der Waals surface area contributed by atoms with Crippen LogP contribution in [0.1, 0.15) is 5.56 Å². The molecule has 1 aliphatic heterocycles. The van der Waals surface area contributed by atoms with E-state index >= 15 is 0 Å². The number of thiophene rings is 1. The Morgan fingerprint density at radius 1 is 1.19 bits per heavy atom. The van der Waals surface area contributed by atoms with Gasteiger partial charge in [0.15, 0.2) is 0 Å². The summed E-state index contributed by atoms with van der Waals surface area (Å²) >= 11 is 1.71. The summed E-state index contributed by atoms with van der Waals surface area (Å²) in [5.41, 5.74) is 1.30. The standard InChI is InChI=1S/C20H28N2O3S/c23-19(16-25-20-4-2-1-3-5-20)15-22(14-18-6-13-26-17-18)8-7-21-9-11-24-12-10-21/h1-6,13,17,19,23H,7-12,14-16H2. The highest BCUT2D eigenvalue weighted by Crippen LogP contribution is 2.12. The van der Waals surface area contributed by atoms with Gasteiger partial charge in [0.2, 0.25) is 0 Å². The third-order valence-corrected chi connectivity index (χ3v) is 5.21. The van der Waals surface area contributed by atoms with Crippen LogP contribution in [0.15, 0.2) is 47.2 Å². The van der Waals surface area contributed by atoms with Crippen LogP contribution in [0, 0.1) is 0 Å². The van der Waals surface area contributed by atoms with Crippen LogP contribution in [0.2, 0.25) is 0 Å². The molecule has 2 aromatic rings. The van der Waals surface area contributed by atoms with E-state index in [1.165, 1.54) is 5.56 Å². The Morgan fingerprint density at radius 2 is 2.00 bits per heavy atom. The van der Waals surface area contributed by atoms with Crippen LogP contribution < -0.4 is 4.74 Å². The molecule has 1 aromatic carbocycles. The van der Waals surface area contributed by atoms with Crippen LogP contribution in [0.3, 0.4) is 0 Å². The monoisotopic (exact) mass is 376 g/mol. The van der Waals surface area contributed by atoms with Crippen molar-refractivity contribution in [3.63, 3.8) is 0 Å². The molecule has 1 aliphatic rings. The van der Waals surface area contributed by atoms with Crippen molar-refractivity contribution in [2.45, 2.75) is 12.6 Å². The highest BCUT2D eigenvalue weighted by molar-refractivity contribution is 7.07. The minimum absolute atomic E-state index is 0.307. The predicted octanol–water partition coefficient (Wildman–Crippen LogP) is 2.32. The van der Waals surface area contributed by atoms with Gasteiger partial charge in [-0.2, -0.15) is 11.3 Å². The topological polar surface area (TPSA) is 45.2 Å². The molecule has 0 aliphatic carbocycles. The normalized spacial score (nSPS) is 16.7. The van der Waals surface area contributed by atoms with Gasteiger partial charge in [-0.25, -0.2) is 0 Å². The van der Waals surface area contributed by atoms with Gasteiger partial charge in [0.05, 0.1) is 13.2 Å². The van der Waals surface area contributed by atoms with E-state index in [0.717, 1.165) is 51.7 Å². The highest BCUT2D eigenvalue weighted by Gasteiger charge is 2.16. The molecule has 1 N–H and O–H groups in total. The molecule has 0 radical (unpaired) electrons. The molecule has 6 heteroatoms. The summed E-state index contributed by atoms with van der Waals surface area (Å²) in [6.45, 7) is 7.32. The minimum atomic E-state index is -0.515. The summed E-state index contributed by atoms with van der Waals surface area (Å²) in [5.74, 6) is 0.796. The quantitative estimate of drug-likeness (QED) is 0.690. The van der Waals surface area contributed by atoms with Crippen LogP contribution in [-0.4, -0.2) is 73.6 Å². The Labute approximate surface area is 159 Å². The van der Waals surface area contributed by atoms with Crippen LogP contribution in [-0.2, 0) is 11.3 Å². The van der Waals surface area contributed by atoms with Gasteiger partial charge in [0.1, 0.15) is 18.5 Å². The Kier molecular flexibility index (Phi) is 7.91. The number of para-hydroxylation sites is 1. The van der Waals surface area contributed by atoms with E-state index in [9.17, 15) is 5.11 Å². The summed E-state index contributed by atoms with van der Waals surface area (Å²) in [4.78, 5) is 4.74. The fourth-order valence-corrected chi connectivity index (χ4v) is 3.70. The predicted molar refractivity (Wildman–Crippen MR) is 105 cm³/mol. The molecule has 1 unspecified atom stereocenters. The summed E-state index contributed by atoms with van der Waals surface area (Å²) in [6, 6.07) is 11.8. The van der Waals surface area contributed by atoms with Gasteiger partial charge in [0, 0.05) is 39.3 Å². The second-order valence-corrected chi connectivity index (χ2v) is 7.38. The van der Waals surface area contributed by atoms with Crippen molar-refractivity contribution in [2.24, 2.45) is 0 Å². The van der Waals surface area contributed by atoms with Crippen molar-refractivity contribution in [3.05, 3.63) is 52.7 Å². The van der Waals surface area contributed by atoms with Crippen molar-refractivity contribution < 1.29 is 14.6 Å². The molecule has 0 amide bonds. The lowest BCUT2D eigenvalue weighted by molar-refractivity contribution is 0.0256. The second kappa shape index (κ2) is 10.6. The second-order valence-electron chi connectivity index (χ2n) is 6.60. The zero-order valence-corrected chi connectivity index (χ0v) is 15.9. The molecular formula is C20H28N2O3S. The number of ether oxygens (including phenoxy) is 2. The highest BCUT2D eigenvalue weighted by atomic mass is 32.1. The minimum Gasteiger partial charge on any atom is -0.491 e. The van der Waals surface area contributed by atoms with E-state index in [2.05, 4.69) is 26.6 Å². The van der Waals surface area contributed by atoms with Gasteiger partial charge in [-0.3, -0.25) is 9.80 Å². The number of hydrogen-bond acceptors (Lipinski definition) is 6. The van der Waals surface area contributed by atoms with Crippen molar-refractivity contribution in [1.29, 1.82) is 0 Å². The van der Waals surface area contributed by atoms with Gasteiger partial charge < -0.3 is 14.6 Å². The van der Waals surface area contributed by atoms with Crippen molar-refractivity contribution in [3.8, 4) is 5.75 Å². The maximum Gasteiger partial charge on any atom is 0.119 e. The number of rotatable bonds is 10. The summed E-state index contributed by atoms with van der Waals surface area (Å²) in [6.07, 6.45) is -0.515. The summed E-state index contributed by atoms with van der Waals surface area (Å²) in [5, 5.41) is 14.7. The average Bonchev–Trinajstić information content (AvgIpc) is 3.19. The number of benzene rings is 1. The fourth-order valence-electron chi connectivity index (χ4n) is 3.04. The van der Waals surface area contributed by atoms with Crippen molar-refractivity contribution in [1.82, 2.24) is 9.80 Å². The molecule has 3 rings (SSSR count). The van der Waals surface area contributed by atoms with E-state index in [1.807, 2.05) is 30.3 Å². The SMILES string of the molecule is OC(COc1ccccc1)CN(CCN1CCOCC1)Cc1ccsc1. The lowest BCUT2D eigenvalue weighted by Crippen LogP contribution is -2.43. The maximum absolute atomic E-state index is 10.4. The molecule has 1 fully saturated rings. The number of aliphatic hydroxyl groups excluding tert-OH is 1. The number of nitrogens with zero attached hydrogens (tertiary/aromatic N) is 2. The lowest BCUT2D eigenvalue weighted by Gasteiger charge is -2.30. The van der Waals surface area contributed by atoms with E-state index in [-0.39, 0.29) is 0 Å². The average molecular weight is 377 g/mol. The maximum atomic E-state index is 10.4. The molecular weight excluding hydrogens is 348 g/mol. The largest absolute Gasteiger partial charge is 0.491 e. The Morgan fingerprint density at radius 3 is 2.73 bits per heavy atom. The number of hydrogen-bond donors (Lipinski definition) is 1. The van der Waals surface area contributed by atoms with Crippen LogP contribution in [0.5, 0.6) is 5.75 Å². The Bertz CT molecular complexity index is 603. The van der Waals surface area contributed by atoms with Gasteiger partial charge in [0.25, 0.3) is 0 Å². The zero-order chi connectivity index (χ0) is 18.0. The van der Waals surface area contributed by atoms with Gasteiger partial charge in [-0.05, 0) is 34.5 Å². The van der Waals surface area contributed by atoms with Crippen LogP contribution >= 0.6 is 11.3 Å². The smallest absolute Gasteiger partial charge is 0.119 e. The Hall–Kier alpha value is -1.44. The molecule has 0 spiro atoms. The summed E-state index contributed by atoms with van der Waals surface area (Å²) < 4.78 is 11.1. The molecule has 26 heavy (non-hydrogen) atoms. The van der Waals surface area contributed by atoms with Crippen molar-refractivity contribution >= 4 is 11.3 Å². The summed E-state index contributed by atoms with van der Waals surface area (Å²) in [7, 11) is 0. The first kappa shape index (κ1) is 19.3. The van der Waals surface area contributed by atoms with Gasteiger partial charge in [-0.15, -0.1) is 0 Å². The third kappa shape index (κ3) is 6.70. The van der Waals surface area contributed by atoms with Crippen LogP contribution in [0.4, 0.5) is 0 Å². The molecule has 142 valence electrons. The van der Waals surface area contributed by atoms with E-state index < -0.39 is 6.10 Å². The molecule has 5 nitrogen and oxygen atoms in total. The number of aliphatic hydroxyl groups is 1.